The molecule has 1 saturated heterocycles. The van der Waals surface area contributed by atoms with Gasteiger partial charge in [-0.05, 0) is 30.0 Å². The maximum Gasteiger partial charge on any atom is 0.243 e. The highest BCUT2D eigenvalue weighted by molar-refractivity contribution is 5.84. The summed E-state index contributed by atoms with van der Waals surface area (Å²) in [5.74, 6) is 0.690. The third-order valence-corrected chi connectivity index (χ3v) is 8.61. The summed E-state index contributed by atoms with van der Waals surface area (Å²) in [4.78, 5) is 25.8. The second-order valence-corrected chi connectivity index (χ2v) is 11.9. The molecule has 1 amide bonds. The zero-order valence-electron chi connectivity index (χ0n) is 26.1. The smallest absolute Gasteiger partial charge is 0.243 e. The first-order valence-corrected chi connectivity index (χ1v) is 15.5. The fourth-order valence-electron chi connectivity index (χ4n) is 6.07. The van der Waals surface area contributed by atoms with Gasteiger partial charge in [0.05, 0.1) is 55.2 Å². The summed E-state index contributed by atoms with van der Waals surface area (Å²) < 4.78 is 11.1. The molecular formula is C33H38N10O2. The van der Waals surface area contributed by atoms with Crippen molar-refractivity contribution in [2.75, 3.05) is 46.9 Å². The Bertz CT molecular complexity index is 1810. The fourth-order valence-corrected chi connectivity index (χ4v) is 6.07. The van der Waals surface area contributed by atoms with Crippen molar-refractivity contribution in [1.82, 2.24) is 49.1 Å². The number of nitrogens with zero attached hydrogens (tertiary/aromatic N) is 10. The minimum Gasteiger partial charge on any atom is -0.379 e. The molecule has 0 bridgehead atoms. The molecule has 2 aliphatic rings. The van der Waals surface area contributed by atoms with Crippen LogP contribution < -0.4 is 0 Å². The number of hydrogen-bond donors (Lipinski definition) is 0. The second kappa shape index (κ2) is 12.4. The van der Waals surface area contributed by atoms with E-state index in [2.05, 4.69) is 50.5 Å². The lowest BCUT2D eigenvalue weighted by Gasteiger charge is -2.26. The molecular weight excluding hydrogens is 568 g/mol. The van der Waals surface area contributed by atoms with Crippen molar-refractivity contribution in [2.24, 2.45) is 7.05 Å². The highest BCUT2D eigenvalue weighted by Crippen LogP contribution is 2.39. The number of amides is 1. The molecule has 1 fully saturated rings. The van der Waals surface area contributed by atoms with Gasteiger partial charge in [-0.1, -0.05) is 24.3 Å². The predicted octanol–water partition coefficient (Wildman–Crippen LogP) is 2.71. The van der Waals surface area contributed by atoms with Crippen molar-refractivity contribution in [3.8, 4) is 33.6 Å². The van der Waals surface area contributed by atoms with E-state index >= 15 is 0 Å². The van der Waals surface area contributed by atoms with Crippen LogP contribution >= 0.6 is 0 Å². The number of aryl methyl sites for hydroxylation is 3. The number of fused-ring (bicyclic) bond motifs is 3. The molecule has 5 aromatic rings. The topological polar surface area (TPSA) is 112 Å². The van der Waals surface area contributed by atoms with Crippen LogP contribution in [0.15, 0.2) is 55.1 Å². The molecule has 1 aromatic carbocycles. The predicted molar refractivity (Wildman–Crippen MR) is 169 cm³/mol. The quantitative estimate of drug-likeness (QED) is 0.252. The van der Waals surface area contributed by atoms with Crippen LogP contribution in [0.25, 0.3) is 33.6 Å². The number of hydrogen-bond acceptors (Lipinski definition) is 8. The average Bonchev–Trinajstić information content (AvgIpc) is 3.79. The fraction of sp³-hybridized carbons (Fsp3) is 0.394. The Morgan fingerprint density at radius 1 is 0.933 bits per heavy atom. The number of likely N-dealkylation sites (N-methyl/N-ethyl adjacent to an activating group) is 1. The standard InChI is InChI=1S/C33H38N10O2/c1-39(2)30(44)22-43-11-10-27(37-43)18-29-34-19-25-8-9-28-31(32(25)36-29)33(40(3)38-28)24-6-4-23(5-7-24)26-20-35-42(21-26)13-12-41-14-16-45-17-15-41/h4-7,10-11,19-21H,8-9,12-18,22H2,1-3H3. The van der Waals surface area contributed by atoms with Crippen molar-refractivity contribution in [3.05, 3.63) is 77.9 Å². The molecule has 5 heterocycles. The Balaban J connectivity index is 1.10. The van der Waals surface area contributed by atoms with Gasteiger partial charge in [-0.3, -0.25) is 23.7 Å². The lowest BCUT2D eigenvalue weighted by molar-refractivity contribution is -0.129. The van der Waals surface area contributed by atoms with Gasteiger partial charge in [-0.2, -0.15) is 15.3 Å². The molecule has 12 heteroatoms. The third-order valence-electron chi connectivity index (χ3n) is 8.61. The Kier molecular flexibility index (Phi) is 7.99. The van der Waals surface area contributed by atoms with Crippen molar-refractivity contribution in [1.29, 1.82) is 0 Å². The number of morpholine rings is 1. The maximum atomic E-state index is 12.1. The summed E-state index contributed by atoms with van der Waals surface area (Å²) >= 11 is 0. The first kappa shape index (κ1) is 29.1. The van der Waals surface area contributed by atoms with E-state index in [0.717, 1.165) is 103 Å². The summed E-state index contributed by atoms with van der Waals surface area (Å²) in [5.41, 5.74) is 9.40. The molecule has 232 valence electrons. The normalized spacial score (nSPS) is 14.7. The molecule has 1 aliphatic heterocycles. The van der Waals surface area contributed by atoms with Crippen molar-refractivity contribution in [3.63, 3.8) is 0 Å². The van der Waals surface area contributed by atoms with E-state index in [1.54, 1.807) is 23.7 Å². The van der Waals surface area contributed by atoms with E-state index in [1.807, 2.05) is 41.1 Å². The summed E-state index contributed by atoms with van der Waals surface area (Å²) in [6, 6.07) is 10.6. The second-order valence-electron chi connectivity index (χ2n) is 11.9. The maximum absolute atomic E-state index is 12.1. The van der Waals surface area contributed by atoms with Crippen LogP contribution in [-0.2, 0) is 48.9 Å². The highest BCUT2D eigenvalue weighted by atomic mass is 16.5. The lowest BCUT2D eigenvalue weighted by Crippen LogP contribution is -2.38. The molecule has 45 heavy (non-hydrogen) atoms. The summed E-state index contributed by atoms with van der Waals surface area (Å²) in [5, 5.41) is 14.1. The van der Waals surface area contributed by atoms with Crippen LogP contribution in [0, 0.1) is 0 Å². The molecule has 0 unspecified atom stereocenters. The number of aromatic nitrogens is 8. The number of carbonyl (C=O) groups is 1. The van der Waals surface area contributed by atoms with Crippen molar-refractivity contribution < 1.29 is 9.53 Å². The van der Waals surface area contributed by atoms with Gasteiger partial charge in [-0.25, -0.2) is 9.97 Å². The Morgan fingerprint density at radius 3 is 2.53 bits per heavy atom. The van der Waals surface area contributed by atoms with Gasteiger partial charge in [0.25, 0.3) is 0 Å². The molecule has 0 N–H and O–H groups in total. The first-order valence-electron chi connectivity index (χ1n) is 15.5. The van der Waals surface area contributed by atoms with Crippen LogP contribution in [0.1, 0.15) is 22.8 Å². The highest BCUT2D eigenvalue weighted by Gasteiger charge is 2.27. The Labute approximate surface area is 262 Å². The largest absolute Gasteiger partial charge is 0.379 e. The van der Waals surface area contributed by atoms with E-state index < -0.39 is 0 Å². The summed E-state index contributed by atoms with van der Waals surface area (Å²) in [6.45, 7) is 5.63. The molecule has 0 spiro atoms. The van der Waals surface area contributed by atoms with E-state index in [-0.39, 0.29) is 12.5 Å². The van der Waals surface area contributed by atoms with Gasteiger partial charge in [0.1, 0.15) is 12.4 Å². The molecule has 4 aromatic heterocycles. The number of carbonyl (C=O) groups excluding carboxylic acids is 1. The number of rotatable bonds is 9. The summed E-state index contributed by atoms with van der Waals surface area (Å²) in [7, 11) is 5.49. The number of benzene rings is 1. The van der Waals surface area contributed by atoms with Gasteiger partial charge in [0, 0.05) is 76.1 Å². The summed E-state index contributed by atoms with van der Waals surface area (Å²) in [6.07, 6.45) is 10.0. The van der Waals surface area contributed by atoms with Gasteiger partial charge in [0.15, 0.2) is 0 Å². The van der Waals surface area contributed by atoms with Crippen LogP contribution in [0.3, 0.4) is 0 Å². The lowest BCUT2D eigenvalue weighted by atomic mass is 9.91. The van der Waals surface area contributed by atoms with Gasteiger partial charge in [0.2, 0.25) is 5.91 Å². The van der Waals surface area contributed by atoms with Crippen LogP contribution in [-0.4, -0.2) is 102 Å². The average molecular weight is 607 g/mol. The zero-order valence-corrected chi connectivity index (χ0v) is 26.1. The monoisotopic (exact) mass is 606 g/mol. The minimum absolute atomic E-state index is 0.00565. The van der Waals surface area contributed by atoms with Crippen LogP contribution in [0.5, 0.6) is 0 Å². The van der Waals surface area contributed by atoms with Crippen molar-refractivity contribution in [2.45, 2.75) is 32.4 Å². The minimum atomic E-state index is -0.00565. The van der Waals surface area contributed by atoms with E-state index in [4.69, 9.17) is 14.8 Å². The molecule has 0 atom stereocenters. The molecule has 7 rings (SSSR count). The van der Waals surface area contributed by atoms with Crippen LogP contribution in [0.4, 0.5) is 0 Å². The van der Waals surface area contributed by atoms with Gasteiger partial charge < -0.3 is 9.64 Å². The van der Waals surface area contributed by atoms with Gasteiger partial charge >= 0.3 is 0 Å². The van der Waals surface area contributed by atoms with E-state index in [1.165, 1.54) is 0 Å². The SMILES string of the molecule is CN(C)C(=O)Cn1ccc(Cc2ncc3c(n2)-c2c(nn(C)c2-c2ccc(-c4cnn(CCN5CCOCC5)c4)cc2)CC3)n1. The molecule has 0 radical (unpaired) electrons. The third kappa shape index (κ3) is 6.16. The van der Waals surface area contributed by atoms with Gasteiger partial charge in [-0.15, -0.1) is 0 Å². The Morgan fingerprint density at radius 2 is 1.73 bits per heavy atom. The molecule has 12 nitrogen and oxygen atoms in total. The molecule has 0 saturated carbocycles. The van der Waals surface area contributed by atoms with E-state index in [0.29, 0.717) is 12.2 Å². The first-order chi connectivity index (χ1) is 21.9. The van der Waals surface area contributed by atoms with Crippen LogP contribution in [0.2, 0.25) is 0 Å². The zero-order chi connectivity index (χ0) is 30.9. The Hall–Kier alpha value is -4.68. The van der Waals surface area contributed by atoms with E-state index in [9.17, 15) is 4.79 Å². The van der Waals surface area contributed by atoms with Crippen molar-refractivity contribution >= 4 is 5.91 Å². The number of ether oxygens (including phenoxy) is 1. The molecule has 1 aliphatic carbocycles.